The zero-order chi connectivity index (χ0) is 14.4. The lowest BCUT2D eigenvalue weighted by Crippen LogP contribution is -2.23. The van der Waals surface area contributed by atoms with E-state index in [1.165, 1.54) is 6.07 Å². The van der Waals surface area contributed by atoms with Crippen LogP contribution >= 0.6 is 0 Å². The monoisotopic (exact) mass is 276 g/mol. The highest BCUT2D eigenvalue weighted by molar-refractivity contribution is 5.82. The number of halogens is 1. The molecule has 2 rings (SSSR count). The van der Waals surface area contributed by atoms with E-state index in [9.17, 15) is 4.39 Å². The average molecular weight is 276 g/mol. The summed E-state index contributed by atoms with van der Waals surface area (Å²) in [5.41, 5.74) is 1.72. The van der Waals surface area contributed by atoms with Crippen LogP contribution in [0.2, 0.25) is 0 Å². The second kappa shape index (κ2) is 7.31. The van der Waals surface area contributed by atoms with Crippen molar-refractivity contribution in [1.29, 1.82) is 0 Å². The maximum atomic E-state index is 13.7. The van der Waals surface area contributed by atoms with Gasteiger partial charge in [-0.3, -0.25) is 4.98 Å². The maximum absolute atomic E-state index is 13.7. The number of hydrogen-bond acceptors (Lipinski definition) is 3. The molecule has 0 saturated carbocycles. The fourth-order valence-electron chi connectivity index (χ4n) is 2.38. The number of hydrogen-bond donors (Lipinski definition) is 2. The Labute approximate surface area is 118 Å². The van der Waals surface area contributed by atoms with E-state index in [0.29, 0.717) is 17.8 Å². The van der Waals surface area contributed by atoms with Crippen molar-refractivity contribution >= 4 is 10.9 Å². The Morgan fingerprint density at radius 3 is 2.95 bits per heavy atom. The number of nitrogens with zero attached hydrogens (tertiary/aromatic N) is 1. The van der Waals surface area contributed by atoms with E-state index in [1.54, 1.807) is 24.4 Å². The van der Waals surface area contributed by atoms with Crippen molar-refractivity contribution in [3.8, 4) is 0 Å². The molecule has 20 heavy (non-hydrogen) atoms. The van der Waals surface area contributed by atoms with Gasteiger partial charge < -0.3 is 10.4 Å². The second-order valence-electron chi connectivity index (χ2n) is 5.02. The Kier molecular flexibility index (Phi) is 5.44. The van der Waals surface area contributed by atoms with Crippen molar-refractivity contribution < 1.29 is 9.50 Å². The molecule has 0 saturated heterocycles. The normalized spacial score (nSPS) is 12.8. The summed E-state index contributed by atoms with van der Waals surface area (Å²) in [7, 11) is 0. The molecule has 4 heteroatoms. The van der Waals surface area contributed by atoms with E-state index in [4.69, 9.17) is 5.11 Å². The van der Waals surface area contributed by atoms with E-state index in [2.05, 4.69) is 17.2 Å². The first kappa shape index (κ1) is 14.9. The van der Waals surface area contributed by atoms with Gasteiger partial charge in [0.2, 0.25) is 0 Å². The lowest BCUT2D eigenvalue weighted by atomic mass is 10.0. The molecule has 108 valence electrons. The van der Waals surface area contributed by atoms with Gasteiger partial charge in [-0.25, -0.2) is 4.39 Å². The molecule has 3 nitrogen and oxygen atoms in total. The van der Waals surface area contributed by atoms with Gasteiger partial charge in [-0.2, -0.15) is 0 Å². The lowest BCUT2D eigenvalue weighted by Gasteiger charge is -2.15. The minimum Gasteiger partial charge on any atom is -0.396 e. The van der Waals surface area contributed by atoms with Gasteiger partial charge in [0.15, 0.2) is 0 Å². The molecule has 0 aliphatic heterocycles. The number of aliphatic hydroxyl groups is 1. The summed E-state index contributed by atoms with van der Waals surface area (Å²) in [6.07, 6.45) is 3.54. The van der Waals surface area contributed by atoms with Crippen molar-refractivity contribution in [1.82, 2.24) is 10.3 Å². The Balaban J connectivity index is 2.05. The summed E-state index contributed by atoms with van der Waals surface area (Å²) < 4.78 is 13.7. The molecule has 0 aliphatic rings. The van der Waals surface area contributed by atoms with Crippen LogP contribution in [0.5, 0.6) is 0 Å². The number of fused-ring (bicyclic) bond motifs is 1. The standard InChI is InChI=1S/C16H21FN2O/c1-2-12(7-9-20)10-18-11-13-5-6-15(17)14-4-3-8-19-16(13)14/h3-6,8,12,18,20H,2,7,9-11H2,1H3. The first-order valence-corrected chi connectivity index (χ1v) is 7.10. The van der Waals surface area contributed by atoms with Gasteiger partial charge in [-0.1, -0.05) is 19.4 Å². The molecule has 2 N–H and O–H groups in total. The van der Waals surface area contributed by atoms with Gasteiger partial charge in [-0.05, 0) is 42.6 Å². The molecule has 1 aromatic heterocycles. The number of benzene rings is 1. The Bertz CT molecular complexity index is 559. The average Bonchev–Trinajstić information content (AvgIpc) is 2.49. The first-order chi connectivity index (χ1) is 9.76. The SMILES string of the molecule is CCC(CCO)CNCc1ccc(F)c2cccnc12. The number of rotatable bonds is 7. The quantitative estimate of drug-likeness (QED) is 0.817. The smallest absolute Gasteiger partial charge is 0.132 e. The predicted octanol–water partition coefficient (Wildman–Crippen LogP) is 2.87. The van der Waals surface area contributed by atoms with E-state index in [0.717, 1.165) is 30.5 Å². The third-order valence-corrected chi connectivity index (χ3v) is 3.66. The maximum Gasteiger partial charge on any atom is 0.132 e. The van der Waals surface area contributed by atoms with Crippen LogP contribution in [0.25, 0.3) is 10.9 Å². The van der Waals surface area contributed by atoms with Crippen molar-refractivity contribution in [2.75, 3.05) is 13.2 Å². The highest BCUT2D eigenvalue weighted by Gasteiger charge is 2.08. The fourth-order valence-corrected chi connectivity index (χ4v) is 2.38. The van der Waals surface area contributed by atoms with Crippen LogP contribution in [0.1, 0.15) is 25.3 Å². The van der Waals surface area contributed by atoms with Gasteiger partial charge in [0.05, 0.1) is 5.52 Å². The number of aliphatic hydroxyl groups excluding tert-OH is 1. The molecule has 0 amide bonds. The highest BCUT2D eigenvalue weighted by atomic mass is 19.1. The number of nitrogens with one attached hydrogen (secondary N) is 1. The van der Waals surface area contributed by atoms with E-state index >= 15 is 0 Å². The molecule has 1 aromatic carbocycles. The Morgan fingerprint density at radius 2 is 2.20 bits per heavy atom. The molecule has 0 fully saturated rings. The Hall–Kier alpha value is -1.52. The summed E-state index contributed by atoms with van der Waals surface area (Å²) in [5, 5.41) is 12.9. The molecular formula is C16H21FN2O. The third kappa shape index (κ3) is 3.52. The van der Waals surface area contributed by atoms with E-state index in [-0.39, 0.29) is 12.4 Å². The number of pyridine rings is 1. The summed E-state index contributed by atoms with van der Waals surface area (Å²) in [4.78, 5) is 4.28. The van der Waals surface area contributed by atoms with Gasteiger partial charge in [-0.15, -0.1) is 0 Å². The zero-order valence-corrected chi connectivity index (χ0v) is 11.8. The van der Waals surface area contributed by atoms with Crippen LogP contribution in [0.4, 0.5) is 4.39 Å². The molecule has 0 aliphatic carbocycles. The van der Waals surface area contributed by atoms with Crippen molar-refractivity contribution in [3.05, 3.63) is 41.8 Å². The summed E-state index contributed by atoms with van der Waals surface area (Å²) in [6, 6.07) is 6.77. The Morgan fingerprint density at radius 1 is 1.35 bits per heavy atom. The van der Waals surface area contributed by atoms with Crippen molar-refractivity contribution in [3.63, 3.8) is 0 Å². The van der Waals surface area contributed by atoms with Crippen LogP contribution in [-0.4, -0.2) is 23.2 Å². The predicted molar refractivity (Wildman–Crippen MR) is 78.9 cm³/mol. The molecule has 1 unspecified atom stereocenters. The van der Waals surface area contributed by atoms with Crippen LogP contribution in [-0.2, 0) is 6.54 Å². The second-order valence-corrected chi connectivity index (χ2v) is 5.02. The number of aromatic nitrogens is 1. The van der Waals surface area contributed by atoms with Crippen molar-refractivity contribution in [2.45, 2.75) is 26.3 Å². The molecule has 0 radical (unpaired) electrons. The largest absolute Gasteiger partial charge is 0.396 e. The third-order valence-electron chi connectivity index (χ3n) is 3.66. The molecule has 0 bridgehead atoms. The first-order valence-electron chi connectivity index (χ1n) is 7.10. The van der Waals surface area contributed by atoms with Crippen molar-refractivity contribution in [2.24, 2.45) is 5.92 Å². The van der Waals surface area contributed by atoms with Crippen LogP contribution < -0.4 is 5.32 Å². The zero-order valence-electron chi connectivity index (χ0n) is 11.8. The van der Waals surface area contributed by atoms with Gasteiger partial charge >= 0.3 is 0 Å². The lowest BCUT2D eigenvalue weighted by molar-refractivity contribution is 0.251. The van der Waals surface area contributed by atoms with Crippen LogP contribution in [0, 0.1) is 11.7 Å². The van der Waals surface area contributed by atoms with Crippen LogP contribution in [0.3, 0.4) is 0 Å². The fraction of sp³-hybridized carbons (Fsp3) is 0.438. The van der Waals surface area contributed by atoms with Gasteiger partial charge in [0, 0.05) is 24.7 Å². The van der Waals surface area contributed by atoms with E-state index in [1.807, 2.05) is 0 Å². The summed E-state index contributed by atoms with van der Waals surface area (Å²) >= 11 is 0. The molecule has 1 atom stereocenters. The topological polar surface area (TPSA) is 45.1 Å². The minimum absolute atomic E-state index is 0.223. The van der Waals surface area contributed by atoms with Gasteiger partial charge in [0.25, 0.3) is 0 Å². The molecule has 2 aromatic rings. The highest BCUT2D eigenvalue weighted by Crippen LogP contribution is 2.19. The van der Waals surface area contributed by atoms with E-state index < -0.39 is 0 Å². The molecule has 0 spiro atoms. The molecule has 1 heterocycles. The minimum atomic E-state index is -0.233. The summed E-state index contributed by atoms with van der Waals surface area (Å²) in [6.45, 7) is 3.86. The van der Waals surface area contributed by atoms with Crippen LogP contribution in [0.15, 0.2) is 30.5 Å². The molecular weight excluding hydrogens is 255 g/mol. The summed E-state index contributed by atoms with van der Waals surface area (Å²) in [5.74, 6) is 0.239. The van der Waals surface area contributed by atoms with Gasteiger partial charge in [0.1, 0.15) is 5.82 Å².